The molecule has 2 saturated heterocycles. The first-order valence-electron chi connectivity index (χ1n) is 13.0. The second-order valence-corrected chi connectivity index (χ2v) is 10.2. The molecule has 182 valence electrons. The van der Waals surface area contributed by atoms with Gasteiger partial charge in [-0.15, -0.1) is 10.2 Å². The molecule has 3 fully saturated rings. The van der Waals surface area contributed by atoms with Crippen LogP contribution in [-0.4, -0.2) is 64.1 Å². The molecule has 6 rings (SSSR count). The molecular formula is C25H36N8O. The van der Waals surface area contributed by atoms with Crippen LogP contribution in [0.5, 0.6) is 0 Å². The molecule has 34 heavy (non-hydrogen) atoms. The number of hydrazine groups is 1. The molecule has 2 aromatic rings. The van der Waals surface area contributed by atoms with Gasteiger partial charge in [-0.2, -0.15) is 0 Å². The van der Waals surface area contributed by atoms with Gasteiger partial charge in [0.15, 0.2) is 0 Å². The van der Waals surface area contributed by atoms with E-state index in [2.05, 4.69) is 66.6 Å². The van der Waals surface area contributed by atoms with E-state index in [1.165, 1.54) is 31.4 Å². The molecule has 1 aromatic carbocycles. The van der Waals surface area contributed by atoms with E-state index in [9.17, 15) is 4.79 Å². The second-order valence-electron chi connectivity index (χ2n) is 10.2. The largest absolute Gasteiger partial charge is 0.368 e. The molecule has 0 spiro atoms. The molecule has 3 aliphatic heterocycles. The number of hydrogen-bond acceptors (Lipinski definition) is 7. The molecule has 0 radical (unpaired) electrons. The topological polar surface area (TPSA) is 81.6 Å². The highest BCUT2D eigenvalue weighted by molar-refractivity contribution is 5.76. The Bertz CT molecular complexity index is 1000. The van der Waals surface area contributed by atoms with E-state index in [0.29, 0.717) is 24.5 Å². The summed E-state index contributed by atoms with van der Waals surface area (Å²) in [6.07, 6.45) is 7.70. The molecular weight excluding hydrogens is 428 g/mol. The van der Waals surface area contributed by atoms with Crippen molar-refractivity contribution < 1.29 is 4.79 Å². The molecule has 1 saturated carbocycles. The van der Waals surface area contributed by atoms with Crippen molar-refractivity contribution in [2.75, 3.05) is 36.1 Å². The van der Waals surface area contributed by atoms with Gasteiger partial charge in [0.25, 0.3) is 0 Å². The number of rotatable bonds is 5. The number of fused-ring (bicyclic) bond motifs is 6. The molecule has 9 heteroatoms. The number of carbonyl (C=O) groups excluding carboxylic acids is 1. The van der Waals surface area contributed by atoms with E-state index >= 15 is 0 Å². The summed E-state index contributed by atoms with van der Waals surface area (Å²) in [6.45, 7) is 5.54. The van der Waals surface area contributed by atoms with Crippen molar-refractivity contribution in [2.24, 2.45) is 5.92 Å². The van der Waals surface area contributed by atoms with E-state index in [1.54, 1.807) is 0 Å². The maximum Gasteiger partial charge on any atom is 0.243 e. The highest BCUT2D eigenvalue weighted by Crippen LogP contribution is 2.44. The minimum Gasteiger partial charge on any atom is -0.368 e. The van der Waals surface area contributed by atoms with Gasteiger partial charge in [0, 0.05) is 56.7 Å². The van der Waals surface area contributed by atoms with Gasteiger partial charge in [-0.3, -0.25) is 19.7 Å². The van der Waals surface area contributed by atoms with Crippen molar-refractivity contribution in [3.8, 4) is 0 Å². The first-order valence-corrected chi connectivity index (χ1v) is 13.0. The Balaban J connectivity index is 1.07. The number of aryl methyl sites for hydroxylation is 1. The third-order valence-corrected chi connectivity index (χ3v) is 8.06. The Kier molecular flexibility index (Phi) is 5.90. The summed E-state index contributed by atoms with van der Waals surface area (Å²) in [7, 11) is 0. The minimum absolute atomic E-state index is 0.235. The number of amides is 1. The Labute approximate surface area is 201 Å². The first-order chi connectivity index (χ1) is 16.7. The van der Waals surface area contributed by atoms with Gasteiger partial charge in [0.05, 0.1) is 6.17 Å². The van der Waals surface area contributed by atoms with Gasteiger partial charge < -0.3 is 9.80 Å². The molecule has 9 nitrogen and oxygen atoms in total. The zero-order chi connectivity index (χ0) is 23.1. The average Bonchev–Trinajstić information content (AvgIpc) is 3.48. The highest BCUT2D eigenvalue weighted by atomic mass is 16.2. The number of nitrogens with one attached hydrogen (secondary N) is 2. The van der Waals surface area contributed by atoms with Crippen LogP contribution < -0.4 is 20.7 Å². The predicted octanol–water partition coefficient (Wildman–Crippen LogP) is 2.28. The van der Waals surface area contributed by atoms with Crippen LogP contribution >= 0.6 is 0 Å². The van der Waals surface area contributed by atoms with Crippen molar-refractivity contribution in [1.82, 2.24) is 30.4 Å². The fraction of sp³-hybridized carbons (Fsp3) is 0.640. The number of carbonyl (C=O) groups is 1. The van der Waals surface area contributed by atoms with Crippen molar-refractivity contribution in [2.45, 2.75) is 70.2 Å². The summed E-state index contributed by atoms with van der Waals surface area (Å²) in [5.41, 5.74) is 4.77. The molecule has 2 N–H and O–H groups in total. The van der Waals surface area contributed by atoms with Gasteiger partial charge >= 0.3 is 0 Å². The monoisotopic (exact) mass is 464 g/mol. The number of nitrogens with zero attached hydrogens (tertiary/aromatic N) is 6. The average molecular weight is 465 g/mol. The number of hydrogen-bond donors (Lipinski definition) is 2. The van der Waals surface area contributed by atoms with Crippen LogP contribution in [0.15, 0.2) is 30.3 Å². The van der Waals surface area contributed by atoms with Crippen LogP contribution in [0.3, 0.4) is 0 Å². The SMILES string of the molecule is CC1NC2C3CCCCC3n3c(CCCC(=O)N4CCN(c5ccccc5)CC4)nnc3N2N1. The molecule has 4 heterocycles. The standard InChI is InChI=1S/C25H36N8O/c1-18-26-24-20-10-5-6-11-21(20)32-22(27-28-25(32)33(24)29-18)12-7-13-23(34)31-16-14-30(15-17-31)19-8-3-2-4-9-19/h2-4,8-9,18,20-21,24,26,29H,5-7,10-17H2,1H3. The molecule has 1 amide bonds. The molecule has 1 aliphatic carbocycles. The van der Waals surface area contributed by atoms with Crippen LogP contribution in [0.2, 0.25) is 0 Å². The summed E-state index contributed by atoms with van der Waals surface area (Å²) >= 11 is 0. The second kappa shape index (κ2) is 9.19. The van der Waals surface area contributed by atoms with Crippen molar-refractivity contribution in [1.29, 1.82) is 0 Å². The van der Waals surface area contributed by atoms with Gasteiger partial charge in [-0.05, 0) is 38.3 Å². The lowest BCUT2D eigenvalue weighted by molar-refractivity contribution is -0.131. The van der Waals surface area contributed by atoms with E-state index in [4.69, 9.17) is 0 Å². The Morgan fingerprint density at radius 3 is 2.68 bits per heavy atom. The van der Waals surface area contributed by atoms with Gasteiger partial charge in [0.2, 0.25) is 11.9 Å². The van der Waals surface area contributed by atoms with E-state index in [0.717, 1.165) is 50.8 Å². The maximum atomic E-state index is 12.9. The van der Waals surface area contributed by atoms with Crippen LogP contribution in [0.25, 0.3) is 0 Å². The zero-order valence-corrected chi connectivity index (χ0v) is 20.1. The molecule has 4 unspecified atom stereocenters. The van der Waals surface area contributed by atoms with Crippen molar-refractivity contribution in [3.05, 3.63) is 36.2 Å². The van der Waals surface area contributed by atoms with Crippen LogP contribution in [0.1, 0.15) is 57.3 Å². The number of anilines is 2. The normalized spacial score (nSPS) is 28.4. The van der Waals surface area contributed by atoms with E-state index < -0.39 is 0 Å². The third kappa shape index (κ3) is 3.94. The Morgan fingerprint density at radius 1 is 1.06 bits per heavy atom. The maximum absolute atomic E-state index is 12.9. The highest BCUT2D eigenvalue weighted by Gasteiger charge is 2.47. The predicted molar refractivity (Wildman–Crippen MR) is 131 cm³/mol. The molecule has 4 aliphatic rings. The fourth-order valence-corrected chi connectivity index (χ4v) is 6.38. The summed E-state index contributed by atoms with van der Waals surface area (Å²) < 4.78 is 2.39. The lowest BCUT2D eigenvalue weighted by Crippen LogP contribution is -2.53. The van der Waals surface area contributed by atoms with Gasteiger partial charge in [0.1, 0.15) is 12.0 Å². The fourth-order valence-electron chi connectivity index (χ4n) is 6.38. The van der Waals surface area contributed by atoms with Crippen molar-refractivity contribution >= 4 is 17.5 Å². The lowest BCUT2D eigenvalue weighted by atomic mass is 9.81. The smallest absolute Gasteiger partial charge is 0.243 e. The Morgan fingerprint density at radius 2 is 1.85 bits per heavy atom. The number of benzene rings is 1. The summed E-state index contributed by atoms with van der Waals surface area (Å²) in [4.78, 5) is 17.3. The van der Waals surface area contributed by atoms with E-state index in [-0.39, 0.29) is 12.1 Å². The minimum atomic E-state index is 0.235. The summed E-state index contributed by atoms with van der Waals surface area (Å²) in [6, 6.07) is 10.9. The van der Waals surface area contributed by atoms with Crippen LogP contribution in [0, 0.1) is 5.92 Å². The van der Waals surface area contributed by atoms with Crippen LogP contribution in [-0.2, 0) is 11.2 Å². The lowest BCUT2D eigenvalue weighted by Gasteiger charge is -2.44. The van der Waals surface area contributed by atoms with Crippen molar-refractivity contribution in [3.63, 3.8) is 0 Å². The molecule has 1 aromatic heterocycles. The third-order valence-electron chi connectivity index (χ3n) is 8.06. The van der Waals surface area contributed by atoms with Gasteiger partial charge in [-0.25, -0.2) is 5.43 Å². The first kappa shape index (κ1) is 21.9. The number of aromatic nitrogens is 3. The molecule has 4 atom stereocenters. The number of para-hydroxylation sites is 1. The van der Waals surface area contributed by atoms with E-state index in [1.807, 2.05) is 11.0 Å². The summed E-state index contributed by atoms with van der Waals surface area (Å²) in [5.74, 6) is 2.80. The van der Waals surface area contributed by atoms with Gasteiger partial charge in [-0.1, -0.05) is 31.0 Å². The van der Waals surface area contributed by atoms with Crippen LogP contribution in [0.4, 0.5) is 11.6 Å². The number of piperazine rings is 1. The Hall–Kier alpha value is -2.65. The zero-order valence-electron chi connectivity index (χ0n) is 20.1. The quantitative estimate of drug-likeness (QED) is 0.703. The molecule has 0 bridgehead atoms. The summed E-state index contributed by atoms with van der Waals surface area (Å²) in [5, 5.41) is 15.1.